The van der Waals surface area contributed by atoms with Gasteiger partial charge in [0.25, 0.3) is 0 Å². The fourth-order valence-electron chi connectivity index (χ4n) is 2.47. The molecule has 21 heavy (non-hydrogen) atoms. The molecule has 1 aliphatic rings. The summed E-state index contributed by atoms with van der Waals surface area (Å²) in [5.41, 5.74) is 0. The number of ether oxygens (including phenoxy) is 1. The second-order valence-corrected chi connectivity index (χ2v) is 6.17. The molecule has 0 amide bonds. The first kappa shape index (κ1) is 16.4. The fourth-order valence-corrected chi connectivity index (χ4v) is 2.85. The van der Waals surface area contributed by atoms with E-state index in [0.717, 1.165) is 35.8 Å². The monoisotopic (exact) mass is 310 g/mol. The van der Waals surface area contributed by atoms with Crippen molar-refractivity contribution in [3.05, 3.63) is 6.07 Å². The molecule has 1 unspecified atom stereocenters. The number of anilines is 2. The Kier molecular flexibility index (Phi) is 6.11. The highest BCUT2D eigenvalue weighted by atomic mass is 32.2. The Labute approximate surface area is 131 Å². The van der Waals surface area contributed by atoms with Gasteiger partial charge >= 0.3 is 0 Å². The van der Waals surface area contributed by atoms with Crippen LogP contribution in [0.15, 0.2) is 11.2 Å². The lowest BCUT2D eigenvalue weighted by Crippen LogP contribution is -2.38. The molecule has 6 heteroatoms. The van der Waals surface area contributed by atoms with Gasteiger partial charge in [0.1, 0.15) is 11.6 Å². The molecule has 118 valence electrons. The molecule has 0 bridgehead atoms. The lowest BCUT2D eigenvalue weighted by molar-refractivity contribution is 0.202. The molecule has 1 aliphatic carbocycles. The highest BCUT2D eigenvalue weighted by Crippen LogP contribution is 2.37. The molecule has 2 rings (SSSR count). The second-order valence-electron chi connectivity index (χ2n) is 5.39. The summed E-state index contributed by atoms with van der Waals surface area (Å²) in [4.78, 5) is 11.6. The Morgan fingerprint density at radius 3 is 2.81 bits per heavy atom. The highest BCUT2D eigenvalue weighted by molar-refractivity contribution is 7.98. The van der Waals surface area contributed by atoms with Crippen LogP contribution >= 0.6 is 11.8 Å². The van der Waals surface area contributed by atoms with Gasteiger partial charge in [0.05, 0.1) is 6.61 Å². The Morgan fingerprint density at radius 2 is 2.24 bits per heavy atom. The van der Waals surface area contributed by atoms with Crippen LogP contribution in [0.25, 0.3) is 0 Å². The van der Waals surface area contributed by atoms with Crippen LogP contribution in [-0.2, 0) is 4.74 Å². The van der Waals surface area contributed by atoms with E-state index in [1.54, 1.807) is 18.9 Å². The van der Waals surface area contributed by atoms with Crippen molar-refractivity contribution in [2.45, 2.75) is 37.9 Å². The maximum Gasteiger partial charge on any atom is 0.191 e. The Morgan fingerprint density at radius 1 is 1.48 bits per heavy atom. The number of rotatable bonds is 9. The summed E-state index contributed by atoms with van der Waals surface area (Å²) in [6.45, 7) is 6.81. The van der Waals surface area contributed by atoms with Gasteiger partial charge in [-0.15, -0.1) is 0 Å². The zero-order valence-electron chi connectivity index (χ0n) is 13.4. The first-order valence-electron chi connectivity index (χ1n) is 7.62. The number of hydrogen-bond donors (Lipinski definition) is 1. The topological polar surface area (TPSA) is 50.3 Å². The van der Waals surface area contributed by atoms with E-state index in [4.69, 9.17) is 9.72 Å². The SMILES string of the molecule is CCNc1cc(N(CCOC)C(C)C2CC2)nc(SC)n1. The zero-order chi connectivity index (χ0) is 15.2. The third-order valence-corrected chi connectivity index (χ3v) is 4.41. The molecular formula is C15H26N4OS. The van der Waals surface area contributed by atoms with Gasteiger partial charge < -0.3 is 15.0 Å². The summed E-state index contributed by atoms with van der Waals surface area (Å²) < 4.78 is 5.27. The lowest BCUT2D eigenvalue weighted by Gasteiger charge is -2.30. The average molecular weight is 310 g/mol. The van der Waals surface area contributed by atoms with Gasteiger partial charge in [-0.25, -0.2) is 9.97 Å². The van der Waals surface area contributed by atoms with Crippen LogP contribution in [0, 0.1) is 5.92 Å². The van der Waals surface area contributed by atoms with Crippen molar-refractivity contribution >= 4 is 23.4 Å². The summed E-state index contributed by atoms with van der Waals surface area (Å²) in [7, 11) is 1.75. The number of hydrogen-bond acceptors (Lipinski definition) is 6. The summed E-state index contributed by atoms with van der Waals surface area (Å²) in [6.07, 6.45) is 4.66. The minimum absolute atomic E-state index is 0.499. The van der Waals surface area contributed by atoms with Crippen LogP contribution < -0.4 is 10.2 Å². The van der Waals surface area contributed by atoms with E-state index in [-0.39, 0.29) is 0 Å². The Balaban J connectivity index is 2.25. The first-order chi connectivity index (χ1) is 10.2. The molecule has 0 radical (unpaired) electrons. The van der Waals surface area contributed by atoms with E-state index in [1.807, 2.05) is 6.26 Å². The van der Waals surface area contributed by atoms with Crippen molar-refractivity contribution in [3.63, 3.8) is 0 Å². The largest absolute Gasteiger partial charge is 0.383 e. The molecule has 0 saturated heterocycles. The minimum Gasteiger partial charge on any atom is -0.383 e. The van der Waals surface area contributed by atoms with Gasteiger partial charge in [-0.1, -0.05) is 11.8 Å². The van der Waals surface area contributed by atoms with Crippen LogP contribution in [0.4, 0.5) is 11.6 Å². The molecule has 1 atom stereocenters. The van der Waals surface area contributed by atoms with Gasteiger partial charge in [0.15, 0.2) is 5.16 Å². The van der Waals surface area contributed by atoms with E-state index in [2.05, 4.69) is 35.1 Å². The van der Waals surface area contributed by atoms with Crippen molar-refractivity contribution in [2.24, 2.45) is 5.92 Å². The molecule has 1 heterocycles. The number of aromatic nitrogens is 2. The first-order valence-corrected chi connectivity index (χ1v) is 8.84. The lowest BCUT2D eigenvalue weighted by atomic mass is 10.2. The van der Waals surface area contributed by atoms with Gasteiger partial charge in [-0.3, -0.25) is 0 Å². The number of thioether (sulfide) groups is 1. The molecule has 5 nitrogen and oxygen atoms in total. The second kappa shape index (κ2) is 7.84. The Bertz CT molecular complexity index is 453. The summed E-state index contributed by atoms with van der Waals surface area (Å²) >= 11 is 1.58. The van der Waals surface area contributed by atoms with Crippen LogP contribution in [0.5, 0.6) is 0 Å². The third-order valence-electron chi connectivity index (χ3n) is 3.86. The van der Waals surface area contributed by atoms with Gasteiger partial charge in [0.2, 0.25) is 0 Å². The number of methoxy groups -OCH3 is 1. The van der Waals surface area contributed by atoms with Crippen molar-refractivity contribution in [1.82, 2.24) is 9.97 Å². The number of nitrogens with one attached hydrogen (secondary N) is 1. The Hall–Kier alpha value is -1.01. The van der Waals surface area contributed by atoms with Crippen molar-refractivity contribution in [3.8, 4) is 0 Å². The van der Waals surface area contributed by atoms with E-state index in [9.17, 15) is 0 Å². The van der Waals surface area contributed by atoms with Crippen LogP contribution in [0.2, 0.25) is 0 Å². The van der Waals surface area contributed by atoms with Crippen molar-refractivity contribution in [2.75, 3.05) is 43.3 Å². The molecule has 1 N–H and O–H groups in total. The minimum atomic E-state index is 0.499. The number of nitrogens with zero attached hydrogens (tertiary/aromatic N) is 3. The smallest absolute Gasteiger partial charge is 0.191 e. The molecule has 0 spiro atoms. The fraction of sp³-hybridized carbons (Fsp3) is 0.733. The summed E-state index contributed by atoms with van der Waals surface area (Å²) in [5, 5.41) is 4.11. The molecule has 1 fully saturated rings. The molecule has 1 aromatic heterocycles. The maximum atomic E-state index is 5.27. The van der Waals surface area contributed by atoms with Crippen LogP contribution in [0.3, 0.4) is 0 Å². The maximum absolute atomic E-state index is 5.27. The average Bonchev–Trinajstić information content (AvgIpc) is 3.32. The van der Waals surface area contributed by atoms with Gasteiger partial charge in [-0.2, -0.15) is 0 Å². The molecule has 0 aliphatic heterocycles. The highest BCUT2D eigenvalue weighted by Gasteiger charge is 2.32. The van der Waals surface area contributed by atoms with E-state index in [1.165, 1.54) is 12.8 Å². The predicted molar refractivity (Wildman–Crippen MR) is 89.4 cm³/mol. The summed E-state index contributed by atoms with van der Waals surface area (Å²) in [6, 6.07) is 2.55. The van der Waals surface area contributed by atoms with E-state index < -0.39 is 0 Å². The van der Waals surface area contributed by atoms with Crippen LogP contribution in [-0.4, -0.2) is 49.1 Å². The molecular weight excluding hydrogens is 284 g/mol. The molecule has 0 aromatic carbocycles. The normalized spacial score (nSPS) is 15.8. The third kappa shape index (κ3) is 4.48. The predicted octanol–water partition coefficient (Wildman–Crippen LogP) is 2.88. The van der Waals surface area contributed by atoms with E-state index in [0.29, 0.717) is 12.6 Å². The van der Waals surface area contributed by atoms with Crippen LogP contribution in [0.1, 0.15) is 26.7 Å². The molecule has 1 aromatic rings. The van der Waals surface area contributed by atoms with Crippen molar-refractivity contribution < 1.29 is 4.74 Å². The quantitative estimate of drug-likeness (QED) is 0.559. The standard InChI is InChI=1S/C15H26N4OS/c1-5-16-13-10-14(18-15(17-13)21-4)19(8-9-20-3)11(2)12-6-7-12/h10-12H,5-9H2,1-4H3,(H,16,17,18). The zero-order valence-corrected chi connectivity index (χ0v) is 14.2. The van der Waals surface area contributed by atoms with Gasteiger partial charge in [-0.05, 0) is 38.9 Å². The summed E-state index contributed by atoms with van der Waals surface area (Å²) in [5.74, 6) is 2.69. The van der Waals surface area contributed by atoms with Crippen molar-refractivity contribution in [1.29, 1.82) is 0 Å². The van der Waals surface area contributed by atoms with E-state index >= 15 is 0 Å². The molecule has 1 saturated carbocycles. The van der Waals surface area contributed by atoms with Gasteiger partial charge in [0, 0.05) is 32.3 Å².